The van der Waals surface area contributed by atoms with Crippen LogP contribution < -0.4 is 19.5 Å². The molecule has 4 aliphatic rings. The number of carboxylic acids is 1. The van der Waals surface area contributed by atoms with Gasteiger partial charge in [-0.2, -0.15) is 0 Å². The summed E-state index contributed by atoms with van der Waals surface area (Å²) in [7, 11) is 0. The van der Waals surface area contributed by atoms with E-state index in [0.717, 1.165) is 61.5 Å². The van der Waals surface area contributed by atoms with Crippen LogP contribution >= 0.6 is 11.6 Å². The predicted octanol–water partition coefficient (Wildman–Crippen LogP) is 8.75. The number of nitrogens with zero attached hydrogens (tertiary/aromatic N) is 1. The Balaban J connectivity index is 1.15. The van der Waals surface area contributed by atoms with E-state index in [2.05, 4.69) is 43.2 Å². The summed E-state index contributed by atoms with van der Waals surface area (Å²) in [6.45, 7) is 7.89. The Hall–Kier alpha value is -3.45. The van der Waals surface area contributed by atoms with Crippen LogP contribution in [0.3, 0.4) is 0 Å². The molecule has 1 aliphatic heterocycles. The standard InChI is InChI=1S/C39H47ClN2O5/c1-4-30-23-46-34-21-31-26(19-35(34)47-30)18-27(17-24(2)22-45-33-11-16-41-32-10-5-7-25(3)36(32)33)38(31)12-14-39(15-13-38,37(43)44)42-29-9-6-8-28(40)20-29/h6,8-9,11,16,19-21,24-25,27,30,42H,4-5,7,10,12-15,17-18,22-23H2,1-3H3,(H,43,44)/t24-,25-,27+,30+,38?,39?/m1/s1. The van der Waals surface area contributed by atoms with E-state index < -0.39 is 11.5 Å². The third-order valence-corrected chi connectivity index (χ3v) is 11.8. The molecule has 0 bridgehead atoms. The molecular weight excluding hydrogens is 612 g/mol. The monoisotopic (exact) mass is 658 g/mol. The smallest absolute Gasteiger partial charge is 0.329 e. The molecule has 3 aliphatic carbocycles. The van der Waals surface area contributed by atoms with E-state index >= 15 is 0 Å². The number of halogens is 1. The van der Waals surface area contributed by atoms with Crippen molar-refractivity contribution in [1.82, 2.24) is 4.98 Å². The molecule has 2 heterocycles. The van der Waals surface area contributed by atoms with Crippen LogP contribution in [0.15, 0.2) is 48.7 Å². The van der Waals surface area contributed by atoms with Crippen molar-refractivity contribution < 1.29 is 24.1 Å². The maximum atomic E-state index is 12.9. The van der Waals surface area contributed by atoms with Gasteiger partial charge in [0.2, 0.25) is 0 Å². The zero-order valence-electron chi connectivity index (χ0n) is 27.8. The fraction of sp³-hybridized carbons (Fsp3) is 0.538. The topological polar surface area (TPSA) is 89.9 Å². The molecule has 1 aromatic heterocycles. The van der Waals surface area contributed by atoms with Crippen molar-refractivity contribution in [3.05, 3.63) is 76.1 Å². The SMILES string of the molecule is CC[C@H]1COc2cc3c(cc2O1)C[C@H](C[C@@H](C)COc1ccnc2c1[C@H](C)CCC2)C31CCC(Nc2cccc(Cl)c2)(C(=O)O)CC1. The molecule has 0 unspecified atom stereocenters. The van der Waals surface area contributed by atoms with Crippen LogP contribution in [-0.2, 0) is 23.1 Å². The lowest BCUT2D eigenvalue weighted by atomic mass is 9.59. The number of nitrogens with one attached hydrogen (secondary N) is 1. The molecular formula is C39H47ClN2O5. The number of aliphatic carboxylic acids is 1. The van der Waals surface area contributed by atoms with Crippen LogP contribution in [0.25, 0.3) is 0 Å². The minimum absolute atomic E-state index is 0.0639. The van der Waals surface area contributed by atoms with Crippen LogP contribution in [0.4, 0.5) is 5.69 Å². The normalized spacial score (nSPS) is 28.3. The number of pyridine rings is 1. The first-order valence-corrected chi connectivity index (χ1v) is 17.9. The quantitative estimate of drug-likeness (QED) is 0.238. The summed E-state index contributed by atoms with van der Waals surface area (Å²) in [6.07, 6.45) is 10.7. The van der Waals surface area contributed by atoms with E-state index in [-0.39, 0.29) is 11.5 Å². The van der Waals surface area contributed by atoms with E-state index in [1.54, 1.807) is 12.1 Å². The lowest BCUT2D eigenvalue weighted by molar-refractivity contribution is -0.144. The number of hydrogen-bond acceptors (Lipinski definition) is 6. The van der Waals surface area contributed by atoms with Gasteiger partial charge in [0.25, 0.3) is 0 Å². The number of hydrogen-bond donors (Lipinski definition) is 2. The Morgan fingerprint density at radius 1 is 1.17 bits per heavy atom. The number of rotatable bonds is 9. The molecule has 0 saturated heterocycles. The van der Waals surface area contributed by atoms with Crippen LogP contribution in [-0.4, -0.2) is 40.9 Å². The Bertz CT molecular complexity index is 1630. The largest absolute Gasteiger partial charge is 0.493 e. The van der Waals surface area contributed by atoms with Crippen molar-refractivity contribution in [2.75, 3.05) is 18.5 Å². The number of anilines is 1. The third kappa shape index (κ3) is 6.05. The first-order valence-electron chi connectivity index (χ1n) is 17.5. The molecule has 2 N–H and O–H groups in total. The highest BCUT2D eigenvalue weighted by Gasteiger charge is 2.54. The summed E-state index contributed by atoms with van der Waals surface area (Å²) in [5, 5.41) is 14.6. The number of aromatic nitrogens is 1. The maximum Gasteiger partial charge on any atom is 0.329 e. The molecule has 1 spiro atoms. The summed E-state index contributed by atoms with van der Waals surface area (Å²) >= 11 is 6.27. The van der Waals surface area contributed by atoms with Gasteiger partial charge in [-0.05, 0) is 135 Å². The molecule has 250 valence electrons. The lowest BCUT2D eigenvalue weighted by Gasteiger charge is -2.47. The van der Waals surface area contributed by atoms with Crippen LogP contribution in [0.5, 0.6) is 17.2 Å². The van der Waals surface area contributed by atoms with Crippen molar-refractivity contribution in [2.45, 2.75) is 108 Å². The van der Waals surface area contributed by atoms with Crippen LogP contribution in [0.1, 0.15) is 100 Å². The van der Waals surface area contributed by atoms with E-state index in [9.17, 15) is 9.90 Å². The molecule has 0 radical (unpaired) electrons. The third-order valence-electron chi connectivity index (χ3n) is 11.5. The number of fused-ring (bicyclic) bond motifs is 4. The van der Waals surface area contributed by atoms with Crippen molar-refractivity contribution >= 4 is 23.3 Å². The summed E-state index contributed by atoms with van der Waals surface area (Å²) in [5.41, 5.74) is 4.63. The lowest BCUT2D eigenvalue weighted by Crippen LogP contribution is -2.53. The van der Waals surface area contributed by atoms with Gasteiger partial charge >= 0.3 is 5.97 Å². The van der Waals surface area contributed by atoms with Gasteiger partial charge in [-0.1, -0.05) is 38.4 Å². The van der Waals surface area contributed by atoms with Gasteiger partial charge in [0.05, 0.1) is 6.61 Å². The van der Waals surface area contributed by atoms with Crippen molar-refractivity contribution in [3.8, 4) is 17.2 Å². The Kier molecular flexibility index (Phi) is 8.79. The van der Waals surface area contributed by atoms with Crippen molar-refractivity contribution in [2.24, 2.45) is 11.8 Å². The molecule has 7 rings (SSSR count). The zero-order chi connectivity index (χ0) is 32.8. The van der Waals surface area contributed by atoms with Crippen molar-refractivity contribution in [3.63, 3.8) is 0 Å². The number of carbonyl (C=O) groups is 1. The number of aryl methyl sites for hydroxylation is 1. The van der Waals surface area contributed by atoms with E-state index in [1.807, 2.05) is 24.4 Å². The van der Waals surface area contributed by atoms with Gasteiger partial charge in [-0.15, -0.1) is 0 Å². The molecule has 47 heavy (non-hydrogen) atoms. The summed E-state index contributed by atoms with van der Waals surface area (Å²) < 4.78 is 19.1. The van der Waals surface area contributed by atoms with E-state index in [0.29, 0.717) is 48.8 Å². The number of ether oxygens (including phenoxy) is 3. The molecule has 8 heteroatoms. The molecule has 0 amide bonds. The van der Waals surface area contributed by atoms with E-state index in [1.165, 1.54) is 35.2 Å². The highest BCUT2D eigenvalue weighted by atomic mass is 35.5. The predicted molar refractivity (Wildman–Crippen MR) is 184 cm³/mol. The molecule has 1 fully saturated rings. The van der Waals surface area contributed by atoms with Crippen molar-refractivity contribution in [1.29, 1.82) is 0 Å². The van der Waals surface area contributed by atoms with E-state index in [4.69, 9.17) is 25.8 Å². The average Bonchev–Trinajstić information content (AvgIpc) is 3.34. The Morgan fingerprint density at radius 2 is 2.00 bits per heavy atom. The van der Waals surface area contributed by atoms with Crippen LogP contribution in [0.2, 0.25) is 5.02 Å². The first-order chi connectivity index (χ1) is 22.7. The molecule has 1 saturated carbocycles. The Morgan fingerprint density at radius 3 is 2.77 bits per heavy atom. The number of benzene rings is 2. The summed E-state index contributed by atoms with van der Waals surface area (Å²) in [5.74, 6) is 2.96. The minimum atomic E-state index is -1.06. The van der Waals surface area contributed by atoms with Gasteiger partial charge < -0.3 is 24.6 Å². The number of carboxylic acid groups (broad SMARTS) is 1. The average molecular weight is 659 g/mol. The first kappa shape index (κ1) is 32.1. The zero-order valence-corrected chi connectivity index (χ0v) is 28.6. The minimum Gasteiger partial charge on any atom is -0.493 e. The molecule has 4 atom stereocenters. The van der Waals surface area contributed by atoms with Gasteiger partial charge in [0.15, 0.2) is 11.5 Å². The van der Waals surface area contributed by atoms with Gasteiger partial charge in [-0.3, -0.25) is 4.98 Å². The maximum absolute atomic E-state index is 12.9. The van der Waals surface area contributed by atoms with Gasteiger partial charge in [-0.25, -0.2) is 4.79 Å². The Labute approximate surface area is 283 Å². The highest BCUT2D eigenvalue weighted by Crippen LogP contribution is 2.58. The fourth-order valence-corrected chi connectivity index (χ4v) is 9.11. The van der Waals surface area contributed by atoms with Crippen LogP contribution in [0, 0.1) is 11.8 Å². The second-order valence-corrected chi connectivity index (χ2v) is 15.0. The molecule has 2 aromatic carbocycles. The summed E-state index contributed by atoms with van der Waals surface area (Å²) in [4.78, 5) is 17.6. The second-order valence-electron chi connectivity index (χ2n) is 14.6. The second kappa shape index (κ2) is 12.9. The molecule has 3 aromatic rings. The van der Waals surface area contributed by atoms with Gasteiger partial charge in [0, 0.05) is 28.2 Å². The molecule has 7 nitrogen and oxygen atoms in total. The summed E-state index contributed by atoms with van der Waals surface area (Å²) in [6, 6.07) is 13.8. The van der Waals surface area contributed by atoms with Gasteiger partial charge in [0.1, 0.15) is 24.0 Å². The fourth-order valence-electron chi connectivity index (χ4n) is 8.92. The highest BCUT2D eigenvalue weighted by molar-refractivity contribution is 6.30.